The van der Waals surface area contributed by atoms with E-state index in [0.717, 1.165) is 39.9 Å². The number of thiophene rings is 1. The number of carbonyl (C=O) groups excluding carboxylic acids is 1. The van der Waals surface area contributed by atoms with Gasteiger partial charge in [0.15, 0.2) is 0 Å². The fourth-order valence-corrected chi connectivity index (χ4v) is 5.95. The summed E-state index contributed by atoms with van der Waals surface area (Å²) < 4.78 is 1.73. The fourth-order valence-electron chi connectivity index (χ4n) is 4.76. The number of carbonyl (C=O) groups is 1. The first kappa shape index (κ1) is 20.2. The van der Waals surface area contributed by atoms with Crippen LogP contribution in [0.4, 0.5) is 4.79 Å². The minimum Gasteiger partial charge on any atom is -0.335 e. The SMILES string of the molecule is O=C(NC1CCCCC1)N1CCc2c(sc3ncn(CCc4ccccc4)c(=O)c23)C1. The van der Waals surface area contributed by atoms with E-state index in [9.17, 15) is 9.59 Å². The van der Waals surface area contributed by atoms with E-state index in [1.54, 1.807) is 22.2 Å². The first-order valence-electron chi connectivity index (χ1n) is 11.3. The van der Waals surface area contributed by atoms with E-state index >= 15 is 0 Å². The lowest BCUT2D eigenvalue weighted by Crippen LogP contribution is -2.47. The molecule has 1 saturated carbocycles. The molecule has 2 aliphatic rings. The number of fused-ring (bicyclic) bond motifs is 3. The van der Waals surface area contributed by atoms with E-state index in [1.807, 2.05) is 23.1 Å². The molecule has 1 fully saturated rings. The zero-order chi connectivity index (χ0) is 21.2. The second-order valence-corrected chi connectivity index (χ2v) is 9.70. The van der Waals surface area contributed by atoms with Crippen LogP contribution in [-0.4, -0.2) is 33.1 Å². The van der Waals surface area contributed by atoms with Crippen LogP contribution < -0.4 is 10.9 Å². The summed E-state index contributed by atoms with van der Waals surface area (Å²) in [4.78, 5) is 34.3. The van der Waals surface area contributed by atoms with Crippen LogP contribution in [0.15, 0.2) is 41.5 Å². The second kappa shape index (κ2) is 8.83. The summed E-state index contributed by atoms with van der Waals surface area (Å²) in [5, 5.41) is 3.97. The number of rotatable bonds is 4. The van der Waals surface area contributed by atoms with Gasteiger partial charge >= 0.3 is 6.03 Å². The number of nitrogens with zero attached hydrogens (tertiary/aromatic N) is 3. The quantitative estimate of drug-likeness (QED) is 0.670. The van der Waals surface area contributed by atoms with Gasteiger partial charge in [0.1, 0.15) is 4.83 Å². The first-order chi connectivity index (χ1) is 15.2. The number of urea groups is 1. The number of amides is 2. The summed E-state index contributed by atoms with van der Waals surface area (Å²) in [5.74, 6) is 0. The molecule has 2 amide bonds. The largest absolute Gasteiger partial charge is 0.335 e. The maximum absolute atomic E-state index is 13.2. The molecular formula is C24H28N4O2S. The van der Waals surface area contributed by atoms with Crippen LogP contribution >= 0.6 is 11.3 Å². The Morgan fingerprint density at radius 3 is 2.77 bits per heavy atom. The van der Waals surface area contributed by atoms with Gasteiger partial charge in [0, 0.05) is 24.0 Å². The van der Waals surface area contributed by atoms with Crippen molar-refractivity contribution in [2.45, 2.75) is 64.1 Å². The number of hydrogen-bond acceptors (Lipinski definition) is 4. The van der Waals surface area contributed by atoms with E-state index in [4.69, 9.17) is 0 Å². The molecule has 1 N–H and O–H groups in total. The maximum Gasteiger partial charge on any atom is 0.317 e. The minimum absolute atomic E-state index is 0.0308. The number of hydrogen-bond donors (Lipinski definition) is 1. The van der Waals surface area contributed by atoms with Gasteiger partial charge in [-0.1, -0.05) is 49.6 Å². The van der Waals surface area contributed by atoms with Gasteiger partial charge in [0.25, 0.3) is 5.56 Å². The van der Waals surface area contributed by atoms with E-state index in [2.05, 4.69) is 22.4 Å². The van der Waals surface area contributed by atoms with Gasteiger partial charge < -0.3 is 10.2 Å². The van der Waals surface area contributed by atoms with Crippen molar-refractivity contribution in [1.29, 1.82) is 0 Å². The lowest BCUT2D eigenvalue weighted by atomic mass is 9.96. The lowest BCUT2D eigenvalue weighted by molar-refractivity contribution is 0.185. The highest BCUT2D eigenvalue weighted by molar-refractivity contribution is 7.18. The molecule has 0 spiro atoms. The summed E-state index contributed by atoms with van der Waals surface area (Å²) in [5.41, 5.74) is 2.34. The summed E-state index contributed by atoms with van der Waals surface area (Å²) in [6.45, 7) is 1.83. The molecule has 162 valence electrons. The predicted molar refractivity (Wildman–Crippen MR) is 124 cm³/mol. The molecule has 0 atom stereocenters. The average Bonchev–Trinajstić information content (AvgIpc) is 3.18. The van der Waals surface area contributed by atoms with Gasteiger partial charge in [-0.05, 0) is 36.8 Å². The Bertz CT molecular complexity index is 1130. The molecule has 3 heterocycles. The van der Waals surface area contributed by atoms with Crippen LogP contribution in [0.2, 0.25) is 0 Å². The third kappa shape index (κ3) is 4.24. The second-order valence-electron chi connectivity index (χ2n) is 8.62. The molecule has 5 rings (SSSR count). The highest BCUT2D eigenvalue weighted by atomic mass is 32.1. The van der Waals surface area contributed by atoms with Crippen molar-refractivity contribution < 1.29 is 4.79 Å². The Labute approximate surface area is 185 Å². The van der Waals surface area contributed by atoms with E-state index in [1.165, 1.54) is 24.8 Å². The number of aryl methyl sites for hydroxylation is 2. The maximum atomic E-state index is 13.2. The third-order valence-electron chi connectivity index (χ3n) is 6.53. The van der Waals surface area contributed by atoms with Crippen LogP contribution in [0.5, 0.6) is 0 Å². The Hall–Kier alpha value is -2.67. The first-order valence-corrected chi connectivity index (χ1v) is 12.1. The Balaban J connectivity index is 1.32. The zero-order valence-electron chi connectivity index (χ0n) is 17.7. The third-order valence-corrected chi connectivity index (χ3v) is 7.66. The van der Waals surface area contributed by atoms with Crippen molar-refractivity contribution in [2.75, 3.05) is 6.54 Å². The molecule has 6 nitrogen and oxygen atoms in total. The van der Waals surface area contributed by atoms with E-state index in [-0.39, 0.29) is 11.6 Å². The van der Waals surface area contributed by atoms with Crippen LogP contribution in [0.25, 0.3) is 10.2 Å². The molecule has 1 aliphatic heterocycles. The van der Waals surface area contributed by atoms with Crippen molar-refractivity contribution >= 4 is 27.6 Å². The number of benzene rings is 1. The van der Waals surface area contributed by atoms with Gasteiger partial charge in [-0.3, -0.25) is 9.36 Å². The molecule has 0 radical (unpaired) electrons. The van der Waals surface area contributed by atoms with Gasteiger partial charge in [0.05, 0.1) is 18.3 Å². The topological polar surface area (TPSA) is 67.2 Å². The van der Waals surface area contributed by atoms with Crippen LogP contribution in [0.1, 0.15) is 48.1 Å². The van der Waals surface area contributed by atoms with E-state index < -0.39 is 0 Å². The molecule has 1 aliphatic carbocycles. The molecule has 1 aromatic carbocycles. The van der Waals surface area contributed by atoms with Gasteiger partial charge in [-0.25, -0.2) is 9.78 Å². The molecule has 0 unspecified atom stereocenters. The van der Waals surface area contributed by atoms with Crippen molar-refractivity contribution in [3.63, 3.8) is 0 Å². The van der Waals surface area contributed by atoms with E-state index in [0.29, 0.717) is 32.1 Å². The van der Waals surface area contributed by atoms with Gasteiger partial charge in [0.2, 0.25) is 0 Å². The lowest BCUT2D eigenvalue weighted by Gasteiger charge is -2.30. The molecule has 31 heavy (non-hydrogen) atoms. The Morgan fingerprint density at radius 2 is 1.97 bits per heavy atom. The molecule has 0 saturated heterocycles. The average molecular weight is 437 g/mol. The molecular weight excluding hydrogens is 408 g/mol. The minimum atomic E-state index is 0.0308. The summed E-state index contributed by atoms with van der Waals surface area (Å²) in [7, 11) is 0. The number of nitrogens with one attached hydrogen (secondary N) is 1. The summed E-state index contributed by atoms with van der Waals surface area (Å²) in [6.07, 6.45) is 9.03. The predicted octanol–water partition coefficient (Wildman–Crippen LogP) is 4.10. The molecule has 0 bridgehead atoms. The molecule has 3 aromatic rings. The normalized spacial score (nSPS) is 17.0. The highest BCUT2D eigenvalue weighted by Gasteiger charge is 2.27. The monoisotopic (exact) mass is 436 g/mol. The van der Waals surface area contributed by atoms with Crippen LogP contribution in [0, 0.1) is 0 Å². The van der Waals surface area contributed by atoms with Crippen molar-refractivity contribution in [3.8, 4) is 0 Å². The zero-order valence-corrected chi connectivity index (χ0v) is 18.5. The van der Waals surface area contributed by atoms with Crippen molar-refractivity contribution in [2.24, 2.45) is 0 Å². The smallest absolute Gasteiger partial charge is 0.317 e. The van der Waals surface area contributed by atoms with Crippen molar-refractivity contribution in [1.82, 2.24) is 19.8 Å². The van der Waals surface area contributed by atoms with Gasteiger partial charge in [-0.15, -0.1) is 11.3 Å². The Kier molecular flexibility index (Phi) is 5.76. The van der Waals surface area contributed by atoms with Crippen molar-refractivity contribution in [3.05, 3.63) is 63.0 Å². The molecule has 7 heteroatoms. The summed E-state index contributed by atoms with van der Waals surface area (Å²) >= 11 is 1.56. The number of aromatic nitrogens is 2. The van der Waals surface area contributed by atoms with Gasteiger partial charge in [-0.2, -0.15) is 0 Å². The van der Waals surface area contributed by atoms with Crippen LogP contribution in [-0.2, 0) is 25.9 Å². The molecule has 2 aromatic heterocycles. The fraction of sp³-hybridized carbons (Fsp3) is 0.458. The summed E-state index contributed by atoms with van der Waals surface area (Å²) in [6, 6.07) is 10.5. The standard InChI is InChI=1S/C24H28N4O2S/c29-23-21-19-12-14-27(24(30)26-18-9-5-2-6-10-18)15-20(19)31-22(21)25-16-28(23)13-11-17-7-3-1-4-8-17/h1,3-4,7-8,16,18H,2,5-6,9-15H2,(H,26,30). The van der Waals surface area contributed by atoms with Crippen LogP contribution in [0.3, 0.4) is 0 Å². The Morgan fingerprint density at radius 1 is 1.16 bits per heavy atom. The highest BCUT2D eigenvalue weighted by Crippen LogP contribution is 2.32.